The number of quaternary nitrogens is 1. The van der Waals surface area contributed by atoms with E-state index < -0.39 is 0 Å². The second-order valence-electron chi connectivity index (χ2n) is 4.78. The highest BCUT2D eigenvalue weighted by molar-refractivity contribution is 6.31. The van der Waals surface area contributed by atoms with Crippen LogP contribution in [0, 0.1) is 0 Å². The summed E-state index contributed by atoms with van der Waals surface area (Å²) >= 11 is 6.07. The minimum atomic E-state index is 0.564. The van der Waals surface area contributed by atoms with Gasteiger partial charge in [0.1, 0.15) is 12.4 Å². The zero-order valence-corrected chi connectivity index (χ0v) is 13.8. The molecule has 0 aromatic heterocycles. The molecule has 0 saturated carbocycles. The fourth-order valence-corrected chi connectivity index (χ4v) is 2.17. The van der Waals surface area contributed by atoms with Gasteiger partial charge in [-0.15, -0.1) is 0 Å². The third-order valence-corrected chi connectivity index (χ3v) is 3.49. The second-order valence-corrected chi connectivity index (χ2v) is 5.19. The molecule has 0 saturated heterocycles. The van der Waals surface area contributed by atoms with Crippen LogP contribution in [0.15, 0.2) is 18.2 Å². The molecule has 1 aromatic rings. The topological polar surface area (TPSA) is 44.3 Å². The third kappa shape index (κ3) is 8.27. The molecule has 0 unspecified atom stereocenters. The summed E-state index contributed by atoms with van der Waals surface area (Å²) in [6, 6.07) is 5.77. The summed E-state index contributed by atoms with van der Waals surface area (Å²) in [5.74, 6) is 0.853. The van der Waals surface area contributed by atoms with Crippen molar-refractivity contribution >= 4 is 11.6 Å². The monoisotopic (exact) mass is 316 g/mol. The lowest BCUT2D eigenvalue weighted by Crippen LogP contribution is -2.85. The van der Waals surface area contributed by atoms with Crippen molar-refractivity contribution < 1.29 is 19.5 Å². The quantitative estimate of drug-likeness (QED) is 0.599. The first-order chi connectivity index (χ1) is 10.3. The molecule has 0 aliphatic rings. The van der Waals surface area contributed by atoms with Crippen LogP contribution in [-0.2, 0) is 15.9 Å². The molecule has 0 fully saturated rings. The molecular weight excluding hydrogens is 290 g/mol. The van der Waals surface area contributed by atoms with Gasteiger partial charge in [-0.25, -0.2) is 0 Å². The molecule has 1 aromatic carbocycles. The molecule has 0 radical (unpaired) electrons. The Morgan fingerprint density at radius 3 is 2.71 bits per heavy atom. The maximum absolute atomic E-state index is 6.07. The van der Waals surface area contributed by atoms with Crippen molar-refractivity contribution in [3.8, 4) is 5.75 Å². The normalized spacial score (nSPS) is 10.8. The van der Waals surface area contributed by atoms with Gasteiger partial charge < -0.3 is 19.5 Å². The number of benzene rings is 1. The van der Waals surface area contributed by atoms with E-state index in [1.54, 1.807) is 7.11 Å². The van der Waals surface area contributed by atoms with Crippen LogP contribution in [0.3, 0.4) is 0 Å². The summed E-state index contributed by atoms with van der Waals surface area (Å²) in [5, 5.41) is 3.04. The van der Waals surface area contributed by atoms with Crippen molar-refractivity contribution in [1.29, 1.82) is 0 Å². The minimum Gasteiger partial charge on any atom is -0.491 e. The van der Waals surface area contributed by atoms with Crippen LogP contribution in [0.1, 0.15) is 18.9 Å². The third-order valence-electron chi connectivity index (χ3n) is 3.12. The molecule has 0 spiro atoms. The SMILES string of the molecule is CCc1cc(OCCOCC[NH2+]CCCOC)ccc1Cl. The number of aryl methyl sites for hydroxylation is 1. The Morgan fingerprint density at radius 1 is 1.10 bits per heavy atom. The molecule has 1 rings (SSSR count). The predicted octanol–water partition coefficient (Wildman–Crippen LogP) is 1.90. The highest BCUT2D eigenvalue weighted by Crippen LogP contribution is 2.22. The van der Waals surface area contributed by atoms with E-state index in [0.717, 1.165) is 55.5 Å². The molecule has 0 aliphatic carbocycles. The van der Waals surface area contributed by atoms with Gasteiger partial charge in [-0.3, -0.25) is 0 Å². The number of hydrogen-bond acceptors (Lipinski definition) is 3. The zero-order chi connectivity index (χ0) is 15.3. The molecule has 21 heavy (non-hydrogen) atoms. The molecule has 0 heterocycles. The van der Waals surface area contributed by atoms with Crippen LogP contribution in [0.25, 0.3) is 0 Å². The van der Waals surface area contributed by atoms with E-state index in [9.17, 15) is 0 Å². The lowest BCUT2D eigenvalue weighted by Gasteiger charge is -2.09. The number of methoxy groups -OCH3 is 1. The van der Waals surface area contributed by atoms with E-state index >= 15 is 0 Å². The number of ether oxygens (including phenoxy) is 3. The Hall–Kier alpha value is -0.810. The smallest absolute Gasteiger partial charge is 0.119 e. The highest BCUT2D eigenvalue weighted by Gasteiger charge is 2.01. The number of halogens is 1. The number of rotatable bonds is 12. The van der Waals surface area contributed by atoms with E-state index in [1.807, 2.05) is 18.2 Å². The first-order valence-electron chi connectivity index (χ1n) is 7.57. The molecule has 120 valence electrons. The fraction of sp³-hybridized carbons (Fsp3) is 0.625. The van der Waals surface area contributed by atoms with Crippen molar-refractivity contribution in [3.63, 3.8) is 0 Å². The molecule has 0 aliphatic heterocycles. The molecule has 0 bridgehead atoms. The van der Waals surface area contributed by atoms with E-state index in [0.29, 0.717) is 13.2 Å². The van der Waals surface area contributed by atoms with Gasteiger partial charge in [0.25, 0.3) is 0 Å². The Morgan fingerprint density at radius 2 is 1.95 bits per heavy atom. The van der Waals surface area contributed by atoms with Crippen LogP contribution in [0.2, 0.25) is 5.02 Å². The maximum atomic E-state index is 6.07. The number of nitrogens with two attached hydrogens (primary N) is 1. The summed E-state index contributed by atoms with van der Waals surface area (Å²) in [5.41, 5.74) is 1.11. The van der Waals surface area contributed by atoms with Crippen LogP contribution in [0.5, 0.6) is 5.75 Å². The fourth-order valence-electron chi connectivity index (χ4n) is 1.92. The van der Waals surface area contributed by atoms with Gasteiger partial charge in [0, 0.05) is 18.6 Å². The summed E-state index contributed by atoms with van der Waals surface area (Å²) in [7, 11) is 1.73. The zero-order valence-electron chi connectivity index (χ0n) is 13.1. The standard InChI is InChI=1S/C16H26ClNO3/c1-3-14-13-15(5-6-16(14)17)21-12-11-20-10-8-18-7-4-9-19-2/h5-6,13,18H,3-4,7-12H2,1-2H3/p+1. The Labute approximate surface area is 132 Å². The van der Waals surface area contributed by atoms with Crippen molar-refractivity contribution in [2.45, 2.75) is 19.8 Å². The highest BCUT2D eigenvalue weighted by atomic mass is 35.5. The van der Waals surface area contributed by atoms with E-state index in [1.165, 1.54) is 0 Å². The van der Waals surface area contributed by atoms with Crippen LogP contribution < -0.4 is 10.1 Å². The maximum Gasteiger partial charge on any atom is 0.119 e. The van der Waals surface area contributed by atoms with Gasteiger partial charge in [0.05, 0.1) is 32.9 Å². The average molecular weight is 317 g/mol. The van der Waals surface area contributed by atoms with E-state index in [-0.39, 0.29) is 0 Å². The van der Waals surface area contributed by atoms with E-state index in [4.69, 9.17) is 25.8 Å². The van der Waals surface area contributed by atoms with Crippen LogP contribution >= 0.6 is 11.6 Å². The van der Waals surface area contributed by atoms with Crippen molar-refractivity contribution in [2.24, 2.45) is 0 Å². The van der Waals surface area contributed by atoms with Gasteiger partial charge in [0.2, 0.25) is 0 Å². The molecule has 0 amide bonds. The van der Waals surface area contributed by atoms with Gasteiger partial charge in [-0.1, -0.05) is 18.5 Å². The average Bonchev–Trinajstić information content (AvgIpc) is 2.50. The van der Waals surface area contributed by atoms with Gasteiger partial charge in [-0.2, -0.15) is 0 Å². The summed E-state index contributed by atoms with van der Waals surface area (Å²) in [6.45, 7) is 6.88. The molecule has 4 nitrogen and oxygen atoms in total. The summed E-state index contributed by atoms with van der Waals surface area (Å²) < 4.78 is 16.2. The molecular formula is C16H27ClNO3+. The van der Waals surface area contributed by atoms with Crippen molar-refractivity contribution in [3.05, 3.63) is 28.8 Å². The van der Waals surface area contributed by atoms with Crippen LogP contribution in [0.4, 0.5) is 0 Å². The lowest BCUT2D eigenvalue weighted by atomic mass is 10.1. The second kappa shape index (κ2) is 11.8. The van der Waals surface area contributed by atoms with Crippen molar-refractivity contribution in [1.82, 2.24) is 0 Å². The van der Waals surface area contributed by atoms with Gasteiger partial charge >= 0.3 is 0 Å². The summed E-state index contributed by atoms with van der Waals surface area (Å²) in [4.78, 5) is 0. The Bertz CT molecular complexity index is 388. The van der Waals surface area contributed by atoms with Gasteiger partial charge in [0.15, 0.2) is 0 Å². The molecule has 0 atom stereocenters. The van der Waals surface area contributed by atoms with Gasteiger partial charge in [-0.05, 0) is 30.2 Å². The lowest BCUT2D eigenvalue weighted by molar-refractivity contribution is -0.656. The van der Waals surface area contributed by atoms with Crippen LogP contribution in [-0.4, -0.2) is 46.6 Å². The number of hydrogen-bond donors (Lipinski definition) is 1. The largest absolute Gasteiger partial charge is 0.491 e. The summed E-state index contributed by atoms with van der Waals surface area (Å²) in [6.07, 6.45) is 1.99. The first-order valence-corrected chi connectivity index (χ1v) is 7.95. The van der Waals surface area contributed by atoms with Crippen molar-refractivity contribution in [2.75, 3.05) is 46.6 Å². The Kier molecular flexibility index (Phi) is 10.3. The predicted molar refractivity (Wildman–Crippen MR) is 85.3 cm³/mol. The Balaban J connectivity index is 2.01. The molecule has 5 heteroatoms. The minimum absolute atomic E-state index is 0.564. The van der Waals surface area contributed by atoms with E-state index in [2.05, 4.69) is 12.2 Å². The molecule has 2 N–H and O–H groups in total. The first kappa shape index (κ1) is 18.2.